The van der Waals surface area contributed by atoms with Crippen molar-refractivity contribution >= 4 is 22.4 Å². The molecule has 1 N–H and O–H groups in total. The van der Waals surface area contributed by atoms with Gasteiger partial charge in [-0.1, -0.05) is 24.3 Å². The van der Waals surface area contributed by atoms with Gasteiger partial charge in [0, 0.05) is 35.7 Å². The van der Waals surface area contributed by atoms with Crippen LogP contribution in [0.15, 0.2) is 71.5 Å². The summed E-state index contributed by atoms with van der Waals surface area (Å²) in [5.41, 5.74) is 3.87. The van der Waals surface area contributed by atoms with Gasteiger partial charge in [-0.15, -0.1) is 0 Å². The molecule has 0 fully saturated rings. The van der Waals surface area contributed by atoms with Gasteiger partial charge in [0.25, 0.3) is 5.56 Å². The smallest absolute Gasteiger partial charge is 0.256 e. The van der Waals surface area contributed by atoms with E-state index in [9.17, 15) is 9.59 Å². The van der Waals surface area contributed by atoms with Crippen molar-refractivity contribution in [2.45, 2.75) is 26.4 Å². The fraction of sp³-hybridized carbons (Fsp3) is 0.241. The maximum Gasteiger partial charge on any atom is 0.256 e. The molecule has 1 aliphatic rings. The number of ketones is 1. The van der Waals surface area contributed by atoms with E-state index in [-0.39, 0.29) is 24.3 Å². The number of carbonyl (C=O) groups excluding carboxylic acids is 1. The number of methoxy groups -OCH3 is 1. The number of fused-ring (bicyclic) bond motifs is 2. The third-order valence-electron chi connectivity index (χ3n) is 6.39. The van der Waals surface area contributed by atoms with Gasteiger partial charge < -0.3 is 24.1 Å². The molecule has 3 aromatic carbocycles. The number of aryl methyl sites for hydroxylation is 1. The minimum absolute atomic E-state index is 0.0281. The third-order valence-corrected chi connectivity index (χ3v) is 6.39. The zero-order valence-corrected chi connectivity index (χ0v) is 20.4. The number of nitrogens with zero attached hydrogens (tertiary/aromatic N) is 1. The van der Waals surface area contributed by atoms with Crippen LogP contribution in [-0.2, 0) is 24.3 Å². The van der Waals surface area contributed by atoms with E-state index < -0.39 is 0 Å². The van der Waals surface area contributed by atoms with Crippen LogP contribution in [0.4, 0.5) is 5.69 Å². The first-order valence-corrected chi connectivity index (χ1v) is 11.9. The highest BCUT2D eigenvalue weighted by Crippen LogP contribution is 2.34. The van der Waals surface area contributed by atoms with Crippen LogP contribution >= 0.6 is 0 Å². The molecule has 4 aromatic rings. The molecule has 1 aliphatic heterocycles. The van der Waals surface area contributed by atoms with Gasteiger partial charge in [0.1, 0.15) is 19.0 Å². The Hall–Kier alpha value is -4.26. The molecule has 7 heteroatoms. The zero-order valence-electron chi connectivity index (χ0n) is 20.4. The lowest BCUT2D eigenvalue weighted by Crippen LogP contribution is -2.29. The largest absolute Gasteiger partial charge is 0.497 e. The van der Waals surface area contributed by atoms with E-state index in [1.807, 2.05) is 67.6 Å². The maximum atomic E-state index is 13.6. The molecule has 0 bridgehead atoms. The average Bonchev–Trinajstić information content (AvgIpc) is 2.90. The SMILES string of the molecule is COc1ccc(NCc2cc3cc4c(cc3n(CC(=O)Cc3ccccc3C)c2=O)OCCO4)cc1. The molecule has 0 saturated heterocycles. The Bertz CT molecular complexity index is 1470. The fourth-order valence-corrected chi connectivity index (χ4v) is 4.42. The van der Waals surface area contributed by atoms with E-state index in [1.54, 1.807) is 17.7 Å². The Morgan fingerprint density at radius 3 is 2.42 bits per heavy atom. The highest BCUT2D eigenvalue weighted by atomic mass is 16.6. The van der Waals surface area contributed by atoms with Crippen LogP contribution in [0.3, 0.4) is 0 Å². The summed E-state index contributed by atoms with van der Waals surface area (Å²) in [4.78, 5) is 26.7. The number of nitrogens with one attached hydrogen (secondary N) is 1. The molecule has 0 atom stereocenters. The van der Waals surface area contributed by atoms with Gasteiger partial charge in [-0.25, -0.2) is 0 Å². The molecule has 1 aromatic heterocycles. The van der Waals surface area contributed by atoms with Crippen LogP contribution in [0.2, 0.25) is 0 Å². The molecule has 0 unspecified atom stereocenters. The lowest BCUT2D eigenvalue weighted by molar-refractivity contribution is -0.119. The van der Waals surface area contributed by atoms with Crippen molar-refractivity contribution in [1.29, 1.82) is 0 Å². The van der Waals surface area contributed by atoms with Gasteiger partial charge >= 0.3 is 0 Å². The predicted octanol–water partition coefficient (Wildman–Crippen LogP) is 4.51. The van der Waals surface area contributed by atoms with Gasteiger partial charge in [-0.3, -0.25) is 9.59 Å². The molecular weight excluding hydrogens is 456 g/mol. The number of anilines is 1. The van der Waals surface area contributed by atoms with Crippen LogP contribution < -0.4 is 25.1 Å². The van der Waals surface area contributed by atoms with Crippen molar-refractivity contribution in [2.24, 2.45) is 0 Å². The molecule has 0 radical (unpaired) electrons. The normalized spacial score (nSPS) is 12.4. The summed E-state index contributed by atoms with van der Waals surface area (Å²) in [5.74, 6) is 1.94. The van der Waals surface area contributed by atoms with Crippen molar-refractivity contribution < 1.29 is 19.0 Å². The summed E-state index contributed by atoms with van der Waals surface area (Å²) in [6.07, 6.45) is 0.263. The Morgan fingerprint density at radius 2 is 1.69 bits per heavy atom. The van der Waals surface area contributed by atoms with Gasteiger partial charge in [0.15, 0.2) is 17.3 Å². The summed E-state index contributed by atoms with van der Waals surface area (Å²) < 4.78 is 18.3. The van der Waals surface area contributed by atoms with E-state index in [2.05, 4.69) is 5.32 Å². The highest BCUT2D eigenvalue weighted by Gasteiger charge is 2.18. The number of aromatic nitrogens is 1. The van der Waals surface area contributed by atoms with Crippen LogP contribution in [0.25, 0.3) is 10.9 Å². The molecule has 36 heavy (non-hydrogen) atoms. The third kappa shape index (κ3) is 4.91. The second-order valence-electron chi connectivity index (χ2n) is 8.84. The molecule has 0 aliphatic carbocycles. The van der Waals surface area contributed by atoms with Crippen LogP contribution in [0, 0.1) is 6.92 Å². The number of rotatable bonds is 8. The lowest BCUT2D eigenvalue weighted by Gasteiger charge is -2.21. The summed E-state index contributed by atoms with van der Waals surface area (Å²) >= 11 is 0. The number of ether oxygens (including phenoxy) is 3. The van der Waals surface area contributed by atoms with E-state index in [0.717, 1.165) is 28.0 Å². The van der Waals surface area contributed by atoms with Gasteiger partial charge in [0.2, 0.25) is 0 Å². The first kappa shape index (κ1) is 23.5. The fourth-order valence-electron chi connectivity index (χ4n) is 4.42. The van der Waals surface area contributed by atoms with Crippen LogP contribution in [0.5, 0.6) is 17.2 Å². The number of carbonyl (C=O) groups is 1. The Morgan fingerprint density at radius 1 is 0.972 bits per heavy atom. The molecule has 0 saturated carbocycles. The first-order chi connectivity index (χ1) is 17.5. The van der Waals surface area contributed by atoms with Gasteiger partial charge in [-0.05, 0) is 54.4 Å². The Balaban J connectivity index is 1.50. The summed E-state index contributed by atoms with van der Waals surface area (Å²) in [6.45, 7) is 3.18. The number of benzene rings is 3. The second kappa shape index (κ2) is 10.2. The Labute approximate surface area is 209 Å². The summed E-state index contributed by atoms with van der Waals surface area (Å²) in [7, 11) is 1.62. The average molecular weight is 485 g/mol. The van der Waals surface area contributed by atoms with Crippen LogP contribution in [-0.4, -0.2) is 30.7 Å². The predicted molar refractivity (Wildman–Crippen MR) is 139 cm³/mol. The summed E-state index contributed by atoms with van der Waals surface area (Å²) in [6, 6.07) is 20.8. The van der Waals surface area contributed by atoms with Crippen molar-refractivity contribution in [3.05, 3.63) is 93.8 Å². The Kier molecular flexibility index (Phi) is 6.62. The summed E-state index contributed by atoms with van der Waals surface area (Å²) in [5, 5.41) is 4.11. The standard InChI is InChI=1S/C29H28N2O5/c1-19-5-3-4-6-20(19)14-24(32)18-31-26-16-28-27(35-11-12-36-28)15-21(26)13-22(29(31)33)17-30-23-7-9-25(34-2)10-8-23/h3-10,13,15-16,30H,11-12,14,17-18H2,1-2H3. The molecule has 7 nitrogen and oxygen atoms in total. The number of Topliss-reactive ketones (excluding diaryl/α,β-unsaturated/α-hetero) is 1. The monoisotopic (exact) mass is 484 g/mol. The van der Waals surface area contributed by atoms with E-state index in [4.69, 9.17) is 14.2 Å². The van der Waals surface area contributed by atoms with E-state index >= 15 is 0 Å². The lowest BCUT2D eigenvalue weighted by atomic mass is 10.0. The number of pyridine rings is 1. The van der Waals surface area contributed by atoms with Gasteiger partial charge in [-0.2, -0.15) is 0 Å². The maximum absolute atomic E-state index is 13.6. The van der Waals surface area contributed by atoms with Gasteiger partial charge in [0.05, 0.1) is 19.2 Å². The topological polar surface area (TPSA) is 78.8 Å². The van der Waals surface area contributed by atoms with E-state index in [0.29, 0.717) is 42.3 Å². The first-order valence-electron chi connectivity index (χ1n) is 11.9. The van der Waals surface area contributed by atoms with Crippen LogP contribution in [0.1, 0.15) is 16.7 Å². The molecule has 184 valence electrons. The minimum Gasteiger partial charge on any atom is -0.497 e. The second-order valence-corrected chi connectivity index (χ2v) is 8.84. The van der Waals surface area contributed by atoms with Crippen molar-refractivity contribution in [1.82, 2.24) is 4.57 Å². The van der Waals surface area contributed by atoms with E-state index in [1.165, 1.54) is 0 Å². The molecule has 0 amide bonds. The number of hydrogen-bond acceptors (Lipinski definition) is 6. The van der Waals surface area contributed by atoms with Crippen molar-refractivity contribution in [3.8, 4) is 17.2 Å². The molecular formula is C29H28N2O5. The number of hydrogen-bond donors (Lipinski definition) is 1. The minimum atomic E-state index is -0.210. The van der Waals surface area contributed by atoms with Crippen molar-refractivity contribution in [3.63, 3.8) is 0 Å². The highest BCUT2D eigenvalue weighted by molar-refractivity contribution is 5.87. The molecule has 5 rings (SSSR count). The quantitative estimate of drug-likeness (QED) is 0.396. The molecule has 2 heterocycles. The molecule has 0 spiro atoms. The zero-order chi connectivity index (χ0) is 25.1. The van der Waals surface area contributed by atoms with Crippen molar-refractivity contribution in [2.75, 3.05) is 25.6 Å².